The highest BCUT2D eigenvalue weighted by molar-refractivity contribution is 6.06. The molecule has 10 heteroatoms. The lowest BCUT2D eigenvalue weighted by molar-refractivity contribution is 0.0960. The van der Waals surface area contributed by atoms with E-state index in [2.05, 4.69) is 44.4 Å². The number of rotatable bonds is 9. The monoisotopic (exact) mass is 504 g/mol. The fraction of sp³-hybridized carbons (Fsp3) is 0.296. The van der Waals surface area contributed by atoms with Crippen LogP contribution in [0.5, 0.6) is 5.75 Å². The third-order valence-electron chi connectivity index (χ3n) is 6.55. The van der Waals surface area contributed by atoms with Crippen molar-refractivity contribution < 1.29 is 19.0 Å². The molecule has 0 aliphatic heterocycles. The van der Waals surface area contributed by atoms with E-state index in [1.807, 2.05) is 18.2 Å². The number of carbonyl (C=O) groups excluding carboxylic acids is 1. The van der Waals surface area contributed by atoms with E-state index in [1.165, 1.54) is 20.5 Å². The Kier molecular flexibility index (Phi) is 7.88. The number of nitrogens with zero attached hydrogens (tertiary/aromatic N) is 4. The van der Waals surface area contributed by atoms with Gasteiger partial charge < -0.3 is 20.5 Å². The number of aliphatic hydroxyl groups excluding tert-OH is 1. The minimum Gasteiger partial charge on any atom is -0.495 e. The Labute approximate surface area is 214 Å². The number of methoxy groups -OCH3 is 1. The lowest BCUT2D eigenvalue weighted by atomic mass is 9.87. The lowest BCUT2D eigenvalue weighted by Gasteiger charge is -2.22. The first kappa shape index (κ1) is 25.9. The van der Waals surface area contributed by atoms with Crippen LogP contribution in [0.3, 0.4) is 0 Å². The highest BCUT2D eigenvalue weighted by atomic mass is 19.1. The van der Waals surface area contributed by atoms with Crippen molar-refractivity contribution in [3.63, 3.8) is 0 Å². The fourth-order valence-electron chi connectivity index (χ4n) is 4.21. The maximum Gasteiger partial charge on any atom is 0.254 e. The number of fused-ring (bicyclic) bond motifs is 1. The molecule has 9 nitrogen and oxygen atoms in total. The van der Waals surface area contributed by atoms with Crippen LogP contribution in [0.15, 0.2) is 49.1 Å². The van der Waals surface area contributed by atoms with Crippen LogP contribution in [0.25, 0.3) is 22.2 Å². The fourth-order valence-corrected chi connectivity index (χ4v) is 4.21. The number of aliphatic hydroxyl groups is 1. The van der Waals surface area contributed by atoms with Crippen LogP contribution in [-0.2, 0) is 6.61 Å². The summed E-state index contributed by atoms with van der Waals surface area (Å²) in [6, 6.07) is 9.10. The second-order valence-corrected chi connectivity index (χ2v) is 8.77. The first-order chi connectivity index (χ1) is 17.9. The van der Waals surface area contributed by atoms with Gasteiger partial charge in [0.2, 0.25) is 0 Å². The van der Waals surface area contributed by atoms with Gasteiger partial charge in [0, 0.05) is 36.8 Å². The van der Waals surface area contributed by atoms with Crippen molar-refractivity contribution in [1.29, 1.82) is 0 Å². The van der Waals surface area contributed by atoms with Gasteiger partial charge in [0.05, 0.1) is 36.7 Å². The molecule has 0 saturated carbocycles. The van der Waals surface area contributed by atoms with Crippen LogP contribution in [0.2, 0.25) is 0 Å². The Morgan fingerprint density at radius 1 is 1.14 bits per heavy atom. The molecule has 0 saturated heterocycles. The second kappa shape index (κ2) is 11.3. The molecule has 1 amide bonds. The molecule has 0 aliphatic rings. The molecule has 0 fully saturated rings. The first-order valence-electron chi connectivity index (χ1n) is 11.9. The molecule has 192 valence electrons. The maximum atomic E-state index is 14.4. The summed E-state index contributed by atoms with van der Waals surface area (Å²) in [6.07, 6.45) is 4.21. The molecular formula is C27H29FN6O3. The number of anilines is 1. The summed E-state index contributed by atoms with van der Waals surface area (Å²) in [7, 11) is 3.00. The number of amides is 1. The van der Waals surface area contributed by atoms with Crippen molar-refractivity contribution in [2.45, 2.75) is 26.4 Å². The van der Waals surface area contributed by atoms with Gasteiger partial charge in [-0.25, -0.2) is 14.4 Å². The van der Waals surface area contributed by atoms with Crippen LogP contribution in [0.4, 0.5) is 10.2 Å². The molecule has 1 unspecified atom stereocenters. The molecule has 3 aromatic heterocycles. The van der Waals surface area contributed by atoms with Crippen molar-refractivity contribution in [1.82, 2.24) is 25.3 Å². The smallest absolute Gasteiger partial charge is 0.254 e. The number of ether oxygens (including phenoxy) is 1. The topological polar surface area (TPSA) is 122 Å². The minimum absolute atomic E-state index is 0.000940. The van der Waals surface area contributed by atoms with Gasteiger partial charge >= 0.3 is 0 Å². The van der Waals surface area contributed by atoms with Gasteiger partial charge in [0.15, 0.2) is 5.82 Å². The molecule has 3 N–H and O–H groups in total. The molecule has 4 aromatic rings. The Bertz CT molecular complexity index is 1430. The molecule has 37 heavy (non-hydrogen) atoms. The molecule has 0 bridgehead atoms. The lowest BCUT2D eigenvalue weighted by Crippen LogP contribution is -2.21. The molecule has 0 aliphatic carbocycles. The number of hydrogen-bond acceptors (Lipinski definition) is 8. The number of para-hydroxylation sites is 1. The van der Waals surface area contributed by atoms with Crippen LogP contribution in [0.1, 0.15) is 41.4 Å². The van der Waals surface area contributed by atoms with Crippen molar-refractivity contribution in [3.05, 3.63) is 71.7 Å². The number of halogens is 1. The van der Waals surface area contributed by atoms with Gasteiger partial charge in [-0.2, -0.15) is 0 Å². The molecule has 4 rings (SSSR count). The van der Waals surface area contributed by atoms with Crippen molar-refractivity contribution in [3.8, 4) is 17.0 Å². The number of carbonyl (C=O) groups is 1. The Morgan fingerprint density at radius 3 is 2.68 bits per heavy atom. The van der Waals surface area contributed by atoms with Gasteiger partial charge in [0.25, 0.3) is 5.91 Å². The van der Waals surface area contributed by atoms with Crippen LogP contribution in [0, 0.1) is 11.7 Å². The van der Waals surface area contributed by atoms with Gasteiger partial charge in [-0.1, -0.05) is 32.0 Å². The standard InChI is InChI=1S/C27H29FN6O3/c1-15(16(2)18-6-5-7-19-25(27(36)29-3)20(28)12-32-26(18)19)10-31-24-9-21(33-14-34-24)17-8-23(37-4)22(13-35)30-11-17/h5-9,11-12,14-16,35H,10,13H2,1-4H3,(H,29,36)(H,31,33,34)/t15-,16?/m1/s1. The predicted molar refractivity (Wildman–Crippen MR) is 139 cm³/mol. The van der Waals surface area contributed by atoms with Gasteiger partial charge in [0.1, 0.15) is 23.6 Å². The number of pyridine rings is 2. The molecule has 1 aromatic carbocycles. The highest BCUT2D eigenvalue weighted by Gasteiger charge is 2.22. The zero-order chi connectivity index (χ0) is 26.5. The third kappa shape index (κ3) is 5.34. The van der Waals surface area contributed by atoms with Crippen molar-refractivity contribution in [2.75, 3.05) is 26.0 Å². The molecular weight excluding hydrogens is 475 g/mol. The normalized spacial score (nSPS) is 12.7. The molecule has 3 heterocycles. The summed E-state index contributed by atoms with van der Waals surface area (Å²) in [5, 5.41) is 15.8. The first-order valence-corrected chi connectivity index (χ1v) is 11.9. The number of nitrogens with one attached hydrogen (secondary N) is 2. The van der Waals surface area contributed by atoms with Gasteiger partial charge in [-0.05, 0) is 23.5 Å². The summed E-state index contributed by atoms with van der Waals surface area (Å²) < 4.78 is 19.7. The van der Waals surface area contributed by atoms with E-state index in [1.54, 1.807) is 18.3 Å². The van der Waals surface area contributed by atoms with E-state index < -0.39 is 11.7 Å². The van der Waals surface area contributed by atoms with E-state index in [0.29, 0.717) is 40.4 Å². The van der Waals surface area contributed by atoms with E-state index in [0.717, 1.165) is 17.3 Å². The van der Waals surface area contributed by atoms with Crippen molar-refractivity contribution in [2.24, 2.45) is 5.92 Å². The van der Waals surface area contributed by atoms with Crippen molar-refractivity contribution >= 4 is 22.6 Å². The minimum atomic E-state index is -0.648. The van der Waals surface area contributed by atoms with Crippen LogP contribution in [-0.4, -0.2) is 51.7 Å². The zero-order valence-electron chi connectivity index (χ0n) is 21.1. The van der Waals surface area contributed by atoms with E-state index >= 15 is 0 Å². The maximum absolute atomic E-state index is 14.4. The van der Waals surface area contributed by atoms with E-state index in [9.17, 15) is 14.3 Å². The van der Waals surface area contributed by atoms with Crippen LogP contribution >= 0.6 is 0 Å². The van der Waals surface area contributed by atoms with Gasteiger partial charge in [-0.3, -0.25) is 14.8 Å². The average Bonchev–Trinajstić information content (AvgIpc) is 2.94. The summed E-state index contributed by atoms with van der Waals surface area (Å²) in [5.74, 6) is 0.193. The Balaban J connectivity index is 1.53. The summed E-state index contributed by atoms with van der Waals surface area (Å²) in [4.78, 5) is 29.5. The summed E-state index contributed by atoms with van der Waals surface area (Å²) in [5.41, 5.74) is 3.40. The quantitative estimate of drug-likeness (QED) is 0.313. The van der Waals surface area contributed by atoms with Gasteiger partial charge in [-0.15, -0.1) is 0 Å². The zero-order valence-corrected chi connectivity index (χ0v) is 21.1. The SMILES string of the molecule is CNC(=O)c1c(F)cnc2c(C(C)[C@H](C)CNc3cc(-c4cnc(CO)c(OC)c4)ncn3)cccc12. The Hall–Kier alpha value is -4.18. The van der Waals surface area contributed by atoms with Crippen LogP contribution < -0.4 is 15.4 Å². The number of aromatic nitrogens is 4. The van der Waals surface area contributed by atoms with E-state index in [-0.39, 0.29) is 24.0 Å². The Morgan fingerprint density at radius 2 is 1.95 bits per heavy atom. The summed E-state index contributed by atoms with van der Waals surface area (Å²) in [6.45, 7) is 4.56. The highest BCUT2D eigenvalue weighted by Crippen LogP contribution is 2.32. The molecule has 2 atom stereocenters. The van der Waals surface area contributed by atoms with E-state index in [4.69, 9.17) is 4.74 Å². The number of benzene rings is 1. The predicted octanol–water partition coefficient (Wildman–Crippen LogP) is 3.94. The average molecular weight is 505 g/mol. The molecule has 0 spiro atoms. The largest absolute Gasteiger partial charge is 0.495 e. The summed E-state index contributed by atoms with van der Waals surface area (Å²) >= 11 is 0. The molecule has 0 radical (unpaired) electrons. The number of hydrogen-bond donors (Lipinski definition) is 3. The third-order valence-corrected chi connectivity index (χ3v) is 6.55. The second-order valence-electron chi connectivity index (χ2n) is 8.77.